The lowest BCUT2D eigenvalue weighted by Gasteiger charge is -2.42. The van der Waals surface area contributed by atoms with Crippen LogP contribution in [-0.4, -0.2) is 31.2 Å². The van der Waals surface area contributed by atoms with E-state index >= 15 is 0 Å². The van der Waals surface area contributed by atoms with Gasteiger partial charge >= 0.3 is 0 Å². The van der Waals surface area contributed by atoms with Crippen LogP contribution in [0.4, 0.5) is 5.69 Å². The average Bonchev–Trinajstić information content (AvgIpc) is 2.41. The summed E-state index contributed by atoms with van der Waals surface area (Å²) in [5.41, 5.74) is 1.10. The molecule has 0 saturated carbocycles. The van der Waals surface area contributed by atoms with Gasteiger partial charge in [0.2, 0.25) is 0 Å². The number of rotatable bonds is 1. The third kappa shape index (κ3) is 2.44. The van der Waals surface area contributed by atoms with Gasteiger partial charge in [0.05, 0.1) is 16.9 Å². The summed E-state index contributed by atoms with van der Waals surface area (Å²) in [7, 11) is 0. The van der Waals surface area contributed by atoms with Gasteiger partial charge in [-0.25, -0.2) is 4.98 Å². The van der Waals surface area contributed by atoms with Crippen molar-refractivity contribution in [3.8, 4) is 0 Å². The molecule has 0 amide bonds. The molecule has 2 aliphatic rings. The lowest BCUT2D eigenvalue weighted by Crippen LogP contribution is -2.48. The van der Waals surface area contributed by atoms with E-state index in [1.54, 1.807) is 0 Å². The Morgan fingerprint density at radius 3 is 3.00 bits per heavy atom. The minimum Gasteiger partial charge on any atom is -0.370 e. The Labute approximate surface area is 117 Å². The van der Waals surface area contributed by atoms with Gasteiger partial charge in [0, 0.05) is 13.1 Å². The first-order chi connectivity index (χ1) is 8.74. The number of halogens is 2. The number of fused-ring (bicyclic) bond motifs is 1. The fourth-order valence-electron chi connectivity index (χ4n) is 3.07. The Hall–Kier alpha value is -0.510. The molecule has 0 unspecified atom stereocenters. The second kappa shape index (κ2) is 5.24. The zero-order chi connectivity index (χ0) is 12.5. The molecule has 3 rings (SSSR count). The van der Waals surface area contributed by atoms with Gasteiger partial charge in [0.15, 0.2) is 0 Å². The highest BCUT2D eigenvalue weighted by Gasteiger charge is 2.31. The van der Waals surface area contributed by atoms with Crippen molar-refractivity contribution in [3.63, 3.8) is 0 Å². The standard InChI is InChI=1S/C13H17Cl2N3/c14-12-5-11(7-17-13(12)15)18-4-2-9-6-16-3-1-10(9)8-18/h5,7,9-10,16H,1-4,6,8H2/t9-,10-/m0/s1. The monoisotopic (exact) mass is 285 g/mol. The van der Waals surface area contributed by atoms with Crippen LogP contribution in [-0.2, 0) is 0 Å². The maximum Gasteiger partial charge on any atom is 0.147 e. The first kappa shape index (κ1) is 12.5. The molecule has 18 heavy (non-hydrogen) atoms. The molecule has 2 saturated heterocycles. The molecule has 0 aromatic carbocycles. The Morgan fingerprint density at radius 2 is 2.17 bits per heavy atom. The van der Waals surface area contributed by atoms with Gasteiger partial charge in [-0.1, -0.05) is 23.2 Å². The van der Waals surface area contributed by atoms with Gasteiger partial charge in [-0.3, -0.25) is 0 Å². The Bertz CT molecular complexity index is 438. The lowest BCUT2D eigenvalue weighted by atomic mass is 9.81. The summed E-state index contributed by atoms with van der Waals surface area (Å²) in [5, 5.41) is 4.42. The van der Waals surface area contributed by atoms with Gasteiger partial charge in [-0.15, -0.1) is 0 Å². The van der Waals surface area contributed by atoms with Crippen LogP contribution in [0.15, 0.2) is 12.3 Å². The minimum absolute atomic E-state index is 0.386. The van der Waals surface area contributed by atoms with Crippen molar-refractivity contribution < 1.29 is 0 Å². The normalized spacial score (nSPS) is 28.0. The van der Waals surface area contributed by atoms with Crippen molar-refractivity contribution in [3.05, 3.63) is 22.4 Å². The lowest BCUT2D eigenvalue weighted by molar-refractivity contribution is 0.218. The number of aromatic nitrogens is 1. The van der Waals surface area contributed by atoms with Gasteiger partial charge in [-0.2, -0.15) is 0 Å². The van der Waals surface area contributed by atoms with E-state index in [9.17, 15) is 0 Å². The highest BCUT2D eigenvalue weighted by atomic mass is 35.5. The maximum atomic E-state index is 6.04. The molecule has 1 aromatic heterocycles. The van der Waals surface area contributed by atoms with E-state index in [0.29, 0.717) is 10.2 Å². The van der Waals surface area contributed by atoms with E-state index in [4.69, 9.17) is 23.2 Å². The van der Waals surface area contributed by atoms with Gasteiger partial charge < -0.3 is 10.2 Å². The molecule has 1 N–H and O–H groups in total. The summed E-state index contributed by atoms with van der Waals surface area (Å²) < 4.78 is 0. The van der Waals surface area contributed by atoms with Crippen molar-refractivity contribution in [2.24, 2.45) is 11.8 Å². The molecule has 5 heteroatoms. The van der Waals surface area contributed by atoms with Gasteiger partial charge in [0.1, 0.15) is 5.15 Å². The van der Waals surface area contributed by atoms with Gasteiger partial charge in [0.25, 0.3) is 0 Å². The number of nitrogens with zero attached hydrogens (tertiary/aromatic N) is 2. The van der Waals surface area contributed by atoms with Crippen LogP contribution in [0.3, 0.4) is 0 Å². The largest absolute Gasteiger partial charge is 0.370 e. The second-order valence-corrected chi connectivity index (χ2v) is 5.98. The van der Waals surface area contributed by atoms with Crippen LogP contribution in [0.1, 0.15) is 12.8 Å². The first-order valence-corrected chi connectivity index (χ1v) is 7.26. The molecule has 0 aliphatic carbocycles. The SMILES string of the molecule is Clc1cc(N2CC[C@H]3CNCC[C@H]3C2)cnc1Cl. The zero-order valence-corrected chi connectivity index (χ0v) is 11.7. The fourth-order valence-corrected chi connectivity index (χ4v) is 3.33. The molecule has 3 heterocycles. The summed E-state index contributed by atoms with van der Waals surface area (Å²) in [6.07, 6.45) is 4.35. The van der Waals surface area contributed by atoms with Crippen LogP contribution in [0.5, 0.6) is 0 Å². The molecule has 98 valence electrons. The van der Waals surface area contributed by atoms with Crippen molar-refractivity contribution in [2.45, 2.75) is 12.8 Å². The summed E-state index contributed by atoms with van der Waals surface area (Å²) in [6, 6.07) is 1.93. The molecular weight excluding hydrogens is 269 g/mol. The topological polar surface area (TPSA) is 28.2 Å². The van der Waals surface area contributed by atoms with Gasteiger partial charge in [-0.05, 0) is 43.8 Å². The van der Waals surface area contributed by atoms with Crippen LogP contribution >= 0.6 is 23.2 Å². The van der Waals surface area contributed by atoms with Crippen molar-refractivity contribution in [1.29, 1.82) is 0 Å². The molecular formula is C13H17Cl2N3. The quantitative estimate of drug-likeness (QED) is 0.805. The maximum absolute atomic E-state index is 6.04. The summed E-state index contributed by atoms with van der Waals surface area (Å²) in [5.74, 6) is 1.64. The summed E-state index contributed by atoms with van der Waals surface area (Å²) in [4.78, 5) is 6.53. The Balaban J connectivity index is 1.75. The van der Waals surface area contributed by atoms with E-state index in [-0.39, 0.29) is 0 Å². The zero-order valence-electron chi connectivity index (χ0n) is 10.2. The highest BCUT2D eigenvalue weighted by Crippen LogP contribution is 2.32. The number of pyridine rings is 1. The predicted octanol–water partition coefficient (Wildman–Crippen LogP) is 2.82. The number of nitrogens with one attached hydrogen (secondary N) is 1. The Morgan fingerprint density at radius 1 is 1.28 bits per heavy atom. The molecule has 2 aliphatic heterocycles. The first-order valence-electron chi connectivity index (χ1n) is 6.51. The van der Waals surface area contributed by atoms with Crippen LogP contribution in [0.2, 0.25) is 10.2 Å². The third-order valence-corrected chi connectivity index (χ3v) is 4.82. The van der Waals surface area contributed by atoms with Crippen molar-refractivity contribution in [2.75, 3.05) is 31.1 Å². The summed E-state index contributed by atoms with van der Waals surface area (Å²) in [6.45, 7) is 4.53. The van der Waals surface area contributed by atoms with Crippen LogP contribution in [0.25, 0.3) is 0 Å². The highest BCUT2D eigenvalue weighted by molar-refractivity contribution is 6.41. The van der Waals surface area contributed by atoms with Crippen molar-refractivity contribution >= 4 is 28.9 Å². The van der Waals surface area contributed by atoms with Crippen LogP contribution < -0.4 is 10.2 Å². The summed E-state index contributed by atoms with van der Waals surface area (Å²) >= 11 is 11.9. The number of anilines is 1. The van der Waals surface area contributed by atoms with E-state index < -0.39 is 0 Å². The van der Waals surface area contributed by atoms with Crippen LogP contribution in [0, 0.1) is 11.8 Å². The minimum atomic E-state index is 0.386. The number of hydrogen-bond donors (Lipinski definition) is 1. The second-order valence-electron chi connectivity index (χ2n) is 5.21. The Kier molecular flexibility index (Phi) is 3.64. The third-order valence-electron chi connectivity index (χ3n) is 4.14. The average molecular weight is 286 g/mol. The fraction of sp³-hybridized carbons (Fsp3) is 0.615. The van der Waals surface area contributed by atoms with Crippen molar-refractivity contribution in [1.82, 2.24) is 10.3 Å². The van der Waals surface area contributed by atoms with E-state index in [1.807, 2.05) is 12.3 Å². The molecule has 0 radical (unpaired) electrons. The molecule has 0 bridgehead atoms. The molecule has 3 nitrogen and oxygen atoms in total. The molecule has 2 atom stereocenters. The van der Waals surface area contributed by atoms with E-state index in [2.05, 4.69) is 15.2 Å². The molecule has 0 spiro atoms. The molecule has 1 aromatic rings. The molecule has 2 fully saturated rings. The number of piperidine rings is 2. The smallest absolute Gasteiger partial charge is 0.147 e. The van der Waals surface area contributed by atoms with E-state index in [0.717, 1.165) is 37.2 Å². The van der Waals surface area contributed by atoms with E-state index in [1.165, 1.54) is 19.4 Å². The number of hydrogen-bond acceptors (Lipinski definition) is 3. The predicted molar refractivity (Wildman–Crippen MR) is 75.6 cm³/mol.